The van der Waals surface area contributed by atoms with E-state index < -0.39 is 6.10 Å². The minimum atomic E-state index is -0.632. The second-order valence-corrected chi connectivity index (χ2v) is 3.37. The van der Waals surface area contributed by atoms with E-state index >= 15 is 0 Å². The van der Waals surface area contributed by atoms with Gasteiger partial charge in [-0.15, -0.1) is 0 Å². The summed E-state index contributed by atoms with van der Waals surface area (Å²) >= 11 is 5.86. The van der Waals surface area contributed by atoms with Gasteiger partial charge in [0.15, 0.2) is 0 Å². The Morgan fingerprint density at radius 2 is 2.27 bits per heavy atom. The molecule has 0 aliphatic rings. The predicted octanol–water partition coefficient (Wildman–Crippen LogP) is 0.688. The first kappa shape index (κ1) is 12.2. The number of halogens is 1. The average Bonchev–Trinajstić information content (AvgIpc) is 2.21. The van der Waals surface area contributed by atoms with Gasteiger partial charge < -0.3 is 14.6 Å². The molecule has 1 rings (SSSR count). The summed E-state index contributed by atoms with van der Waals surface area (Å²) in [6, 6.07) is 0.235. The third-order valence-corrected chi connectivity index (χ3v) is 2.08. The molecule has 1 N–H and O–H groups in total. The van der Waals surface area contributed by atoms with Crippen LogP contribution in [0.3, 0.4) is 0 Å². The number of hydrogen-bond acceptors (Lipinski definition) is 5. The minimum absolute atomic E-state index is 0.235. The monoisotopic (exact) mass is 232 g/mol. The van der Waals surface area contributed by atoms with Crippen LogP contribution in [0.25, 0.3) is 0 Å². The Kier molecular flexibility index (Phi) is 4.74. The molecule has 84 valence electrons. The van der Waals surface area contributed by atoms with Gasteiger partial charge in [0.2, 0.25) is 0 Å². The Bertz CT molecular complexity index is 322. The summed E-state index contributed by atoms with van der Waals surface area (Å²) < 4.78 is 9.66. The summed E-state index contributed by atoms with van der Waals surface area (Å²) in [6.07, 6.45) is 1.13. The molecule has 5 nitrogen and oxygen atoms in total. The van der Waals surface area contributed by atoms with Crippen LogP contribution in [0, 0.1) is 0 Å². The molecule has 0 saturated carbocycles. The molecule has 1 atom stereocenters. The zero-order chi connectivity index (χ0) is 11.3. The lowest BCUT2D eigenvalue weighted by Crippen LogP contribution is -2.18. The van der Waals surface area contributed by atoms with Crippen molar-refractivity contribution >= 4 is 11.6 Å². The maximum absolute atomic E-state index is 9.51. The van der Waals surface area contributed by atoms with Crippen LogP contribution in [0.4, 0.5) is 0 Å². The second kappa shape index (κ2) is 5.85. The molecule has 1 unspecified atom stereocenters. The smallest absolute Gasteiger partial charge is 0.316 e. The number of nitrogens with zero attached hydrogens (tertiary/aromatic N) is 2. The third kappa shape index (κ3) is 3.62. The SMILES string of the molecule is COCC(O)Cc1nc(OC)ncc1Cl. The van der Waals surface area contributed by atoms with Gasteiger partial charge in [-0.25, -0.2) is 4.98 Å². The first-order chi connectivity index (χ1) is 7.17. The molecule has 1 heterocycles. The topological polar surface area (TPSA) is 64.5 Å². The van der Waals surface area contributed by atoms with Gasteiger partial charge in [0.1, 0.15) is 0 Å². The van der Waals surface area contributed by atoms with E-state index in [4.69, 9.17) is 21.1 Å². The molecular weight excluding hydrogens is 220 g/mol. The quantitative estimate of drug-likeness (QED) is 0.809. The summed E-state index contributed by atoms with van der Waals surface area (Å²) in [4.78, 5) is 7.86. The highest BCUT2D eigenvalue weighted by Gasteiger charge is 2.11. The van der Waals surface area contributed by atoms with E-state index in [1.807, 2.05) is 0 Å². The molecule has 0 saturated heterocycles. The summed E-state index contributed by atoms with van der Waals surface area (Å²) in [7, 11) is 2.99. The zero-order valence-electron chi connectivity index (χ0n) is 8.61. The van der Waals surface area contributed by atoms with Crippen LogP contribution in [0.1, 0.15) is 5.69 Å². The van der Waals surface area contributed by atoms with Crippen LogP contribution in [-0.4, -0.2) is 42.0 Å². The highest BCUT2D eigenvalue weighted by Crippen LogP contribution is 2.16. The van der Waals surface area contributed by atoms with Crippen molar-refractivity contribution in [3.8, 4) is 6.01 Å². The molecule has 6 heteroatoms. The predicted molar refractivity (Wildman–Crippen MR) is 55.2 cm³/mol. The van der Waals surface area contributed by atoms with Gasteiger partial charge in [0.05, 0.1) is 36.7 Å². The number of aromatic nitrogens is 2. The average molecular weight is 233 g/mol. The molecule has 0 aromatic carbocycles. The van der Waals surface area contributed by atoms with Crippen molar-refractivity contribution < 1.29 is 14.6 Å². The van der Waals surface area contributed by atoms with Crippen LogP contribution >= 0.6 is 11.6 Å². The fraction of sp³-hybridized carbons (Fsp3) is 0.556. The Morgan fingerprint density at radius 3 is 2.87 bits per heavy atom. The van der Waals surface area contributed by atoms with Crippen molar-refractivity contribution in [2.45, 2.75) is 12.5 Å². The van der Waals surface area contributed by atoms with E-state index in [-0.39, 0.29) is 12.6 Å². The number of ether oxygens (including phenoxy) is 2. The van der Waals surface area contributed by atoms with Gasteiger partial charge in [0.25, 0.3) is 0 Å². The fourth-order valence-electron chi connectivity index (χ4n) is 1.10. The highest BCUT2D eigenvalue weighted by molar-refractivity contribution is 6.31. The largest absolute Gasteiger partial charge is 0.467 e. The standard InChI is InChI=1S/C9H13ClN2O3/c1-14-5-6(13)3-8-7(10)4-11-9(12-8)15-2/h4,6,13H,3,5H2,1-2H3. The van der Waals surface area contributed by atoms with Crippen molar-refractivity contribution in [1.29, 1.82) is 0 Å². The van der Waals surface area contributed by atoms with Crippen molar-refractivity contribution in [2.75, 3.05) is 20.8 Å². The molecule has 1 aromatic rings. The lowest BCUT2D eigenvalue weighted by atomic mass is 10.2. The Morgan fingerprint density at radius 1 is 1.53 bits per heavy atom. The van der Waals surface area contributed by atoms with Crippen molar-refractivity contribution in [1.82, 2.24) is 9.97 Å². The van der Waals surface area contributed by atoms with E-state index in [1.165, 1.54) is 20.4 Å². The van der Waals surface area contributed by atoms with Crippen LogP contribution in [-0.2, 0) is 11.2 Å². The molecule has 0 amide bonds. The maximum atomic E-state index is 9.51. The van der Waals surface area contributed by atoms with Gasteiger partial charge >= 0.3 is 6.01 Å². The van der Waals surface area contributed by atoms with Gasteiger partial charge in [-0.05, 0) is 0 Å². The van der Waals surface area contributed by atoms with E-state index in [9.17, 15) is 5.11 Å². The first-order valence-electron chi connectivity index (χ1n) is 4.39. The first-order valence-corrected chi connectivity index (χ1v) is 4.77. The molecule has 1 aromatic heterocycles. The van der Waals surface area contributed by atoms with Crippen LogP contribution in [0.15, 0.2) is 6.20 Å². The zero-order valence-corrected chi connectivity index (χ0v) is 9.36. The Balaban J connectivity index is 2.74. The summed E-state index contributed by atoms with van der Waals surface area (Å²) in [5.74, 6) is 0. The van der Waals surface area contributed by atoms with E-state index in [0.717, 1.165) is 0 Å². The molecule has 0 spiro atoms. The molecule has 15 heavy (non-hydrogen) atoms. The molecule has 0 fully saturated rings. The third-order valence-electron chi connectivity index (χ3n) is 1.77. The van der Waals surface area contributed by atoms with E-state index in [2.05, 4.69) is 9.97 Å². The van der Waals surface area contributed by atoms with Crippen LogP contribution in [0.5, 0.6) is 6.01 Å². The van der Waals surface area contributed by atoms with E-state index in [0.29, 0.717) is 17.1 Å². The number of aliphatic hydroxyl groups excluding tert-OH is 1. The molecule has 0 aliphatic carbocycles. The van der Waals surface area contributed by atoms with Crippen molar-refractivity contribution in [3.05, 3.63) is 16.9 Å². The number of aliphatic hydroxyl groups is 1. The summed E-state index contributed by atoms with van der Waals surface area (Å²) in [5.41, 5.74) is 0.549. The Hall–Kier alpha value is -0.910. The second-order valence-electron chi connectivity index (χ2n) is 2.96. The molecule has 0 bridgehead atoms. The highest BCUT2D eigenvalue weighted by atomic mass is 35.5. The van der Waals surface area contributed by atoms with Gasteiger partial charge in [-0.2, -0.15) is 4.98 Å². The summed E-state index contributed by atoms with van der Waals surface area (Å²) in [6.45, 7) is 0.239. The fourth-order valence-corrected chi connectivity index (χ4v) is 1.27. The van der Waals surface area contributed by atoms with Crippen molar-refractivity contribution in [2.24, 2.45) is 0 Å². The molecule has 0 radical (unpaired) electrons. The van der Waals surface area contributed by atoms with Gasteiger partial charge in [0, 0.05) is 13.5 Å². The summed E-state index contributed by atoms with van der Waals surface area (Å²) in [5, 5.41) is 9.91. The number of methoxy groups -OCH3 is 2. The maximum Gasteiger partial charge on any atom is 0.316 e. The van der Waals surface area contributed by atoms with Crippen LogP contribution < -0.4 is 4.74 Å². The molecular formula is C9H13ClN2O3. The van der Waals surface area contributed by atoms with Gasteiger partial charge in [-0.3, -0.25) is 0 Å². The van der Waals surface area contributed by atoms with E-state index in [1.54, 1.807) is 0 Å². The lowest BCUT2D eigenvalue weighted by Gasteiger charge is -2.10. The van der Waals surface area contributed by atoms with Crippen LogP contribution in [0.2, 0.25) is 5.02 Å². The number of rotatable bonds is 5. The Labute approximate surface area is 93.0 Å². The molecule has 0 aliphatic heterocycles. The van der Waals surface area contributed by atoms with Crippen molar-refractivity contribution in [3.63, 3.8) is 0 Å². The normalized spacial score (nSPS) is 12.5. The number of hydrogen-bond donors (Lipinski definition) is 1. The minimum Gasteiger partial charge on any atom is -0.467 e. The lowest BCUT2D eigenvalue weighted by molar-refractivity contribution is 0.0643. The van der Waals surface area contributed by atoms with Gasteiger partial charge in [-0.1, -0.05) is 11.6 Å².